The van der Waals surface area contributed by atoms with E-state index in [9.17, 15) is 0 Å². The van der Waals surface area contributed by atoms with Gasteiger partial charge in [0, 0.05) is 14.5 Å². The van der Waals surface area contributed by atoms with Crippen LogP contribution in [0.4, 0.5) is 0 Å². The molecule has 0 aliphatic rings. The molecule has 1 heterocycles. The van der Waals surface area contributed by atoms with Gasteiger partial charge in [0.15, 0.2) is 0 Å². The van der Waals surface area contributed by atoms with E-state index >= 15 is 0 Å². The van der Waals surface area contributed by atoms with Gasteiger partial charge in [-0.15, -0.1) is 0 Å². The topological polar surface area (TPSA) is 39.2 Å². The molecule has 0 radical (unpaired) electrons. The van der Waals surface area contributed by atoms with Crippen LogP contribution in [0.5, 0.6) is 0 Å². The number of hydrogen-bond acceptors (Lipinski definition) is 2. The minimum Gasteiger partial charge on any atom is -0.472 e. The molecule has 0 bridgehead atoms. The van der Waals surface area contributed by atoms with Crippen molar-refractivity contribution in [3.63, 3.8) is 0 Å². The molecule has 15 heavy (non-hydrogen) atoms. The third-order valence-corrected chi connectivity index (χ3v) is 3.06. The molecule has 2 aromatic rings. The second-order valence-corrected chi connectivity index (χ2v) is 5.07. The number of benzene rings is 1. The number of halogens is 2. The Kier molecular flexibility index (Phi) is 3.29. The van der Waals surface area contributed by atoms with Crippen molar-refractivity contribution in [1.82, 2.24) is 0 Å². The lowest BCUT2D eigenvalue weighted by Gasteiger charge is -2.10. The molecule has 2 nitrogen and oxygen atoms in total. The molecule has 1 aromatic carbocycles. The molecule has 78 valence electrons. The second kappa shape index (κ2) is 4.51. The zero-order valence-electron chi connectivity index (χ0n) is 7.78. The third-order valence-electron chi connectivity index (χ3n) is 2.15. The summed E-state index contributed by atoms with van der Waals surface area (Å²) in [6.07, 6.45) is 3.29. The molecule has 0 aliphatic heterocycles. The smallest absolute Gasteiger partial charge is 0.0953 e. The predicted octanol–water partition coefficient (Wildman–Crippen LogP) is 3.85. The van der Waals surface area contributed by atoms with Crippen LogP contribution in [0.1, 0.15) is 17.2 Å². The van der Waals surface area contributed by atoms with Crippen molar-refractivity contribution in [2.24, 2.45) is 5.73 Å². The number of rotatable bonds is 2. The van der Waals surface area contributed by atoms with Crippen LogP contribution in [-0.4, -0.2) is 0 Å². The molecule has 0 fully saturated rings. The molecule has 2 N–H and O–H groups in total. The molecule has 0 amide bonds. The maximum absolute atomic E-state index is 6.10. The SMILES string of the molecule is NC(c1ccoc1)c1cc(Br)cc(Br)c1. The number of hydrogen-bond donors (Lipinski definition) is 1. The summed E-state index contributed by atoms with van der Waals surface area (Å²) >= 11 is 6.87. The van der Waals surface area contributed by atoms with Crippen molar-refractivity contribution >= 4 is 31.9 Å². The monoisotopic (exact) mass is 329 g/mol. The van der Waals surface area contributed by atoms with Crippen molar-refractivity contribution in [1.29, 1.82) is 0 Å². The van der Waals surface area contributed by atoms with Crippen LogP contribution in [0.15, 0.2) is 50.2 Å². The summed E-state index contributed by atoms with van der Waals surface area (Å²) < 4.78 is 7.02. The Hall–Kier alpha value is -0.580. The normalized spacial score (nSPS) is 12.7. The van der Waals surface area contributed by atoms with Crippen molar-refractivity contribution in [3.05, 3.63) is 56.9 Å². The van der Waals surface area contributed by atoms with E-state index in [2.05, 4.69) is 31.9 Å². The lowest BCUT2D eigenvalue weighted by molar-refractivity contribution is 0.562. The Balaban J connectivity index is 2.37. The summed E-state index contributed by atoms with van der Waals surface area (Å²) in [5.41, 5.74) is 8.11. The van der Waals surface area contributed by atoms with E-state index in [0.717, 1.165) is 20.1 Å². The Morgan fingerprint density at radius 2 is 1.73 bits per heavy atom. The average molecular weight is 331 g/mol. The quantitative estimate of drug-likeness (QED) is 0.908. The van der Waals surface area contributed by atoms with Crippen LogP contribution < -0.4 is 5.73 Å². The van der Waals surface area contributed by atoms with E-state index in [-0.39, 0.29) is 6.04 Å². The van der Waals surface area contributed by atoms with E-state index in [4.69, 9.17) is 10.2 Å². The standard InChI is InChI=1S/C11H9Br2NO/c12-9-3-8(4-10(13)5-9)11(14)7-1-2-15-6-7/h1-6,11H,14H2. The largest absolute Gasteiger partial charge is 0.472 e. The molecule has 1 unspecified atom stereocenters. The van der Waals surface area contributed by atoms with Gasteiger partial charge < -0.3 is 10.2 Å². The number of nitrogens with two attached hydrogens (primary N) is 1. The molecular formula is C11H9Br2NO. The van der Waals surface area contributed by atoms with E-state index < -0.39 is 0 Å². The van der Waals surface area contributed by atoms with Crippen molar-refractivity contribution < 1.29 is 4.42 Å². The Bertz CT molecular complexity index is 433. The van der Waals surface area contributed by atoms with Crippen molar-refractivity contribution in [2.75, 3.05) is 0 Å². The highest BCUT2D eigenvalue weighted by Gasteiger charge is 2.11. The van der Waals surface area contributed by atoms with E-state index in [1.54, 1.807) is 12.5 Å². The van der Waals surface area contributed by atoms with E-state index in [1.807, 2.05) is 24.3 Å². The van der Waals surface area contributed by atoms with Gasteiger partial charge in [-0.1, -0.05) is 31.9 Å². The van der Waals surface area contributed by atoms with Crippen LogP contribution in [0, 0.1) is 0 Å². The van der Waals surface area contributed by atoms with Gasteiger partial charge in [0.05, 0.1) is 18.6 Å². The van der Waals surface area contributed by atoms with Gasteiger partial charge in [-0.3, -0.25) is 0 Å². The first kappa shape index (κ1) is 10.9. The summed E-state index contributed by atoms with van der Waals surface area (Å²) in [5.74, 6) is 0. The molecule has 0 aliphatic carbocycles. The summed E-state index contributed by atoms with van der Waals surface area (Å²) in [7, 11) is 0. The first-order valence-electron chi connectivity index (χ1n) is 4.40. The van der Waals surface area contributed by atoms with Gasteiger partial charge >= 0.3 is 0 Å². The maximum Gasteiger partial charge on any atom is 0.0953 e. The van der Waals surface area contributed by atoms with Gasteiger partial charge in [0.1, 0.15) is 0 Å². The highest BCUT2D eigenvalue weighted by atomic mass is 79.9. The second-order valence-electron chi connectivity index (χ2n) is 3.24. The Morgan fingerprint density at radius 1 is 1.07 bits per heavy atom. The fourth-order valence-electron chi connectivity index (χ4n) is 1.40. The first-order chi connectivity index (χ1) is 7.16. The number of furan rings is 1. The molecule has 0 saturated heterocycles. The van der Waals surface area contributed by atoms with E-state index in [0.29, 0.717) is 0 Å². The van der Waals surface area contributed by atoms with Crippen LogP contribution >= 0.6 is 31.9 Å². The molecule has 4 heteroatoms. The fraction of sp³-hybridized carbons (Fsp3) is 0.0909. The molecule has 2 rings (SSSR count). The highest BCUT2D eigenvalue weighted by molar-refractivity contribution is 9.11. The van der Waals surface area contributed by atoms with Crippen LogP contribution in [0.3, 0.4) is 0 Å². The van der Waals surface area contributed by atoms with Gasteiger partial charge in [-0.2, -0.15) is 0 Å². The minimum absolute atomic E-state index is 0.155. The lowest BCUT2D eigenvalue weighted by atomic mass is 10.0. The fourth-order valence-corrected chi connectivity index (χ4v) is 2.73. The summed E-state index contributed by atoms with van der Waals surface area (Å²) in [6.45, 7) is 0. The average Bonchev–Trinajstić information content (AvgIpc) is 2.67. The summed E-state index contributed by atoms with van der Waals surface area (Å²) in [5, 5.41) is 0. The Morgan fingerprint density at radius 3 is 2.27 bits per heavy atom. The zero-order valence-corrected chi connectivity index (χ0v) is 11.0. The highest BCUT2D eigenvalue weighted by Crippen LogP contribution is 2.26. The first-order valence-corrected chi connectivity index (χ1v) is 5.99. The van der Waals surface area contributed by atoms with Crippen LogP contribution in [-0.2, 0) is 0 Å². The third kappa shape index (κ3) is 2.51. The zero-order chi connectivity index (χ0) is 10.8. The summed E-state index contributed by atoms with van der Waals surface area (Å²) in [4.78, 5) is 0. The van der Waals surface area contributed by atoms with Gasteiger partial charge in [-0.05, 0) is 29.8 Å². The minimum atomic E-state index is -0.155. The van der Waals surface area contributed by atoms with Gasteiger partial charge in [-0.25, -0.2) is 0 Å². The van der Waals surface area contributed by atoms with Gasteiger partial charge in [0.25, 0.3) is 0 Å². The van der Waals surface area contributed by atoms with Gasteiger partial charge in [0.2, 0.25) is 0 Å². The molecular weight excluding hydrogens is 322 g/mol. The van der Waals surface area contributed by atoms with Crippen LogP contribution in [0.2, 0.25) is 0 Å². The maximum atomic E-state index is 6.10. The molecule has 0 spiro atoms. The molecule has 1 atom stereocenters. The van der Waals surface area contributed by atoms with Crippen molar-refractivity contribution in [2.45, 2.75) is 6.04 Å². The summed E-state index contributed by atoms with van der Waals surface area (Å²) in [6, 6.07) is 7.70. The van der Waals surface area contributed by atoms with E-state index in [1.165, 1.54) is 0 Å². The van der Waals surface area contributed by atoms with Crippen molar-refractivity contribution in [3.8, 4) is 0 Å². The van der Waals surface area contributed by atoms with Crippen LogP contribution in [0.25, 0.3) is 0 Å². The Labute approximate surface area is 105 Å². The predicted molar refractivity (Wildman–Crippen MR) is 66.6 cm³/mol. The molecule has 0 saturated carbocycles. The lowest BCUT2D eigenvalue weighted by Crippen LogP contribution is -2.10. The molecule has 1 aromatic heterocycles.